The summed E-state index contributed by atoms with van der Waals surface area (Å²) in [6, 6.07) is 15.8. The number of para-hydroxylation sites is 2. The molecule has 0 radical (unpaired) electrons. The number of likely N-dealkylation sites (N-methyl/N-ethyl adjacent to an activating group) is 1. The van der Waals surface area contributed by atoms with E-state index in [-0.39, 0.29) is 11.8 Å². The smallest absolute Gasteiger partial charge is 0.242 e. The van der Waals surface area contributed by atoms with Crippen LogP contribution in [0.3, 0.4) is 0 Å². The van der Waals surface area contributed by atoms with Crippen LogP contribution < -0.4 is 10.1 Å². The Balaban J connectivity index is 1.34. The number of hydrogen-bond donors (Lipinski definition) is 1. The maximum atomic E-state index is 13.2. The monoisotopic (exact) mass is 476 g/mol. The number of amides is 2. The van der Waals surface area contributed by atoms with Crippen LogP contribution in [-0.2, 0) is 29.0 Å². The fraction of sp³-hybridized carbons (Fsp3) is 0.464. The third kappa shape index (κ3) is 6.41. The average molecular weight is 477 g/mol. The van der Waals surface area contributed by atoms with E-state index in [9.17, 15) is 9.59 Å². The summed E-state index contributed by atoms with van der Waals surface area (Å²) < 4.78 is 7.21. The quantitative estimate of drug-likeness (QED) is 0.447. The topological polar surface area (TPSA) is 76.5 Å². The van der Waals surface area contributed by atoms with Crippen LogP contribution in [0, 0.1) is 0 Å². The van der Waals surface area contributed by atoms with Crippen molar-refractivity contribution in [3.63, 3.8) is 0 Å². The van der Waals surface area contributed by atoms with Crippen LogP contribution >= 0.6 is 0 Å². The second-order valence-electron chi connectivity index (χ2n) is 9.38. The molecular weight excluding hydrogens is 440 g/mol. The predicted molar refractivity (Wildman–Crippen MR) is 137 cm³/mol. The van der Waals surface area contributed by atoms with Crippen molar-refractivity contribution in [2.75, 3.05) is 20.7 Å². The van der Waals surface area contributed by atoms with Gasteiger partial charge in [0, 0.05) is 26.1 Å². The van der Waals surface area contributed by atoms with Gasteiger partial charge in [0.15, 0.2) is 0 Å². The third-order valence-corrected chi connectivity index (χ3v) is 6.97. The molecule has 7 heteroatoms. The van der Waals surface area contributed by atoms with E-state index in [1.54, 1.807) is 7.11 Å². The zero-order chi connectivity index (χ0) is 24.6. The minimum atomic E-state index is -0.00652. The van der Waals surface area contributed by atoms with Crippen molar-refractivity contribution >= 4 is 22.8 Å². The molecule has 186 valence electrons. The van der Waals surface area contributed by atoms with Crippen LogP contribution in [0.1, 0.15) is 49.9 Å². The zero-order valence-electron chi connectivity index (χ0n) is 20.8. The van der Waals surface area contributed by atoms with Crippen molar-refractivity contribution in [1.29, 1.82) is 0 Å². The molecule has 0 bridgehead atoms. The van der Waals surface area contributed by atoms with E-state index in [1.165, 1.54) is 19.3 Å². The Morgan fingerprint density at radius 3 is 2.57 bits per heavy atom. The Labute approximate surface area is 207 Å². The molecule has 1 N–H and O–H groups in total. The van der Waals surface area contributed by atoms with Crippen molar-refractivity contribution < 1.29 is 14.3 Å². The summed E-state index contributed by atoms with van der Waals surface area (Å²) in [4.78, 5) is 32.2. The summed E-state index contributed by atoms with van der Waals surface area (Å²) in [6.07, 6.45) is 7.64. The first-order valence-electron chi connectivity index (χ1n) is 12.6. The molecule has 0 atom stereocenters. The lowest BCUT2D eigenvalue weighted by Gasteiger charge is -2.31. The molecule has 7 nitrogen and oxygen atoms in total. The third-order valence-electron chi connectivity index (χ3n) is 6.97. The number of imidazole rings is 1. The summed E-state index contributed by atoms with van der Waals surface area (Å²) in [5, 5.41) is 3.00. The highest BCUT2D eigenvalue weighted by Crippen LogP contribution is 2.23. The van der Waals surface area contributed by atoms with Gasteiger partial charge in [0.25, 0.3) is 0 Å². The molecule has 0 aliphatic heterocycles. The summed E-state index contributed by atoms with van der Waals surface area (Å²) >= 11 is 0. The fourth-order valence-corrected chi connectivity index (χ4v) is 4.88. The number of nitrogens with zero attached hydrogens (tertiary/aromatic N) is 3. The second-order valence-corrected chi connectivity index (χ2v) is 9.38. The Morgan fingerprint density at radius 2 is 1.83 bits per heavy atom. The first kappa shape index (κ1) is 24.8. The van der Waals surface area contributed by atoms with Crippen molar-refractivity contribution in [3.8, 4) is 5.75 Å². The number of methoxy groups -OCH3 is 1. The molecular formula is C28H36N4O3. The number of hydrogen-bond acceptors (Lipinski definition) is 4. The van der Waals surface area contributed by atoms with Gasteiger partial charge < -0.3 is 19.5 Å². The number of nitrogens with one attached hydrogen (secondary N) is 1. The number of aryl methyl sites for hydroxylation is 1. The SMILES string of the molecule is COc1ccc(CC(=O)NCCCc2nc3ccccc3n2CC(=O)N(C)C2CCCCC2)cc1. The Kier molecular flexibility index (Phi) is 8.40. The predicted octanol–water partition coefficient (Wildman–Crippen LogP) is 4.13. The number of carbonyl (C=O) groups is 2. The number of benzene rings is 2. The minimum absolute atomic E-state index is 0.00652. The van der Waals surface area contributed by atoms with Gasteiger partial charge in [0.1, 0.15) is 18.1 Å². The maximum Gasteiger partial charge on any atom is 0.242 e. The number of fused-ring (bicyclic) bond motifs is 1. The second kappa shape index (κ2) is 11.9. The molecule has 2 amide bonds. The Morgan fingerprint density at radius 1 is 1.09 bits per heavy atom. The molecule has 35 heavy (non-hydrogen) atoms. The lowest BCUT2D eigenvalue weighted by molar-refractivity contribution is -0.133. The first-order valence-corrected chi connectivity index (χ1v) is 12.6. The lowest BCUT2D eigenvalue weighted by atomic mass is 9.94. The molecule has 3 aromatic rings. The molecule has 1 saturated carbocycles. The Hall–Kier alpha value is -3.35. The van der Waals surface area contributed by atoms with Gasteiger partial charge in [-0.15, -0.1) is 0 Å². The van der Waals surface area contributed by atoms with Gasteiger partial charge in [-0.1, -0.05) is 43.5 Å². The molecule has 4 rings (SSSR count). The van der Waals surface area contributed by atoms with Crippen LogP contribution in [0.25, 0.3) is 11.0 Å². The molecule has 0 saturated heterocycles. The van der Waals surface area contributed by atoms with E-state index in [1.807, 2.05) is 60.5 Å². The van der Waals surface area contributed by atoms with Crippen molar-refractivity contribution in [3.05, 3.63) is 59.9 Å². The van der Waals surface area contributed by atoms with E-state index >= 15 is 0 Å². The number of aromatic nitrogens is 2. The minimum Gasteiger partial charge on any atom is -0.497 e. The largest absolute Gasteiger partial charge is 0.497 e. The lowest BCUT2D eigenvalue weighted by Crippen LogP contribution is -2.40. The van der Waals surface area contributed by atoms with Gasteiger partial charge in [-0.25, -0.2) is 4.98 Å². The summed E-state index contributed by atoms with van der Waals surface area (Å²) in [5.74, 6) is 1.79. The molecule has 1 heterocycles. The van der Waals surface area contributed by atoms with Crippen LogP contribution in [0.15, 0.2) is 48.5 Å². The van der Waals surface area contributed by atoms with Gasteiger partial charge in [-0.2, -0.15) is 0 Å². The van der Waals surface area contributed by atoms with Crippen LogP contribution in [0.4, 0.5) is 0 Å². The van der Waals surface area contributed by atoms with E-state index in [4.69, 9.17) is 9.72 Å². The van der Waals surface area contributed by atoms with E-state index in [0.717, 1.165) is 47.4 Å². The highest BCUT2D eigenvalue weighted by Gasteiger charge is 2.23. The normalized spacial score (nSPS) is 14.1. The maximum absolute atomic E-state index is 13.2. The van der Waals surface area contributed by atoms with Gasteiger partial charge in [-0.3, -0.25) is 9.59 Å². The number of rotatable bonds is 10. The van der Waals surface area contributed by atoms with Crippen molar-refractivity contribution in [1.82, 2.24) is 19.8 Å². The van der Waals surface area contributed by atoms with E-state index in [2.05, 4.69) is 9.88 Å². The molecule has 0 unspecified atom stereocenters. The van der Waals surface area contributed by atoms with Gasteiger partial charge in [-0.05, 0) is 49.1 Å². The Bertz CT molecular complexity index is 1130. The molecule has 0 spiro atoms. The first-order chi connectivity index (χ1) is 17.0. The van der Waals surface area contributed by atoms with Gasteiger partial charge in [0.05, 0.1) is 24.6 Å². The standard InChI is InChI=1S/C28H36N4O3/c1-31(22-9-4-3-5-10-22)28(34)20-32-25-12-7-6-11-24(25)30-26(32)13-8-18-29-27(33)19-21-14-16-23(35-2)17-15-21/h6-7,11-12,14-17,22H,3-5,8-10,13,18-20H2,1-2H3,(H,29,33). The van der Waals surface area contributed by atoms with Crippen LogP contribution in [0.5, 0.6) is 5.75 Å². The summed E-state index contributed by atoms with van der Waals surface area (Å²) in [6.45, 7) is 0.862. The molecule has 2 aromatic carbocycles. The van der Waals surface area contributed by atoms with Gasteiger partial charge in [0.2, 0.25) is 11.8 Å². The molecule has 1 fully saturated rings. The highest BCUT2D eigenvalue weighted by atomic mass is 16.5. The van der Waals surface area contributed by atoms with E-state index in [0.29, 0.717) is 32.0 Å². The molecule has 1 aromatic heterocycles. The number of carbonyl (C=O) groups excluding carboxylic acids is 2. The highest BCUT2D eigenvalue weighted by molar-refractivity contribution is 5.81. The molecule has 1 aliphatic carbocycles. The summed E-state index contributed by atoms with van der Waals surface area (Å²) in [5.41, 5.74) is 2.83. The van der Waals surface area contributed by atoms with Crippen LogP contribution in [0.2, 0.25) is 0 Å². The molecule has 1 aliphatic rings. The van der Waals surface area contributed by atoms with Crippen molar-refractivity contribution in [2.45, 2.75) is 64.0 Å². The van der Waals surface area contributed by atoms with E-state index < -0.39 is 0 Å². The van der Waals surface area contributed by atoms with Gasteiger partial charge >= 0.3 is 0 Å². The zero-order valence-corrected chi connectivity index (χ0v) is 20.8. The van der Waals surface area contributed by atoms with Crippen molar-refractivity contribution in [2.24, 2.45) is 0 Å². The average Bonchev–Trinajstić information content (AvgIpc) is 3.24. The van der Waals surface area contributed by atoms with Crippen LogP contribution in [-0.4, -0.2) is 53.0 Å². The fourth-order valence-electron chi connectivity index (χ4n) is 4.88. The number of ether oxygens (including phenoxy) is 1. The summed E-state index contributed by atoms with van der Waals surface area (Å²) in [7, 11) is 3.57.